The molecule has 1 saturated carbocycles. The fourth-order valence-corrected chi connectivity index (χ4v) is 3.52. The number of benzene rings is 1. The van der Waals surface area contributed by atoms with Gasteiger partial charge in [0.05, 0.1) is 6.61 Å². The van der Waals surface area contributed by atoms with Gasteiger partial charge in [-0.25, -0.2) is 0 Å². The molecular formula is C19H31NO. The number of hydrogen-bond acceptors (Lipinski definition) is 2. The molecule has 1 aliphatic rings. The first-order valence-corrected chi connectivity index (χ1v) is 8.44. The van der Waals surface area contributed by atoms with Gasteiger partial charge in [0.2, 0.25) is 0 Å². The lowest BCUT2D eigenvalue weighted by Crippen LogP contribution is -2.22. The zero-order valence-corrected chi connectivity index (χ0v) is 14.1. The van der Waals surface area contributed by atoms with Gasteiger partial charge < -0.3 is 10.5 Å². The highest BCUT2D eigenvalue weighted by Crippen LogP contribution is 2.41. The molecule has 1 unspecified atom stereocenters. The summed E-state index contributed by atoms with van der Waals surface area (Å²) < 4.78 is 5.89. The highest BCUT2D eigenvalue weighted by molar-refractivity contribution is 5.42. The molecule has 2 heteroatoms. The third kappa shape index (κ3) is 3.79. The van der Waals surface area contributed by atoms with E-state index >= 15 is 0 Å². The summed E-state index contributed by atoms with van der Waals surface area (Å²) >= 11 is 0. The second-order valence-corrected chi connectivity index (χ2v) is 7.32. The van der Waals surface area contributed by atoms with Gasteiger partial charge in [-0.1, -0.05) is 45.7 Å². The van der Waals surface area contributed by atoms with Crippen molar-refractivity contribution in [1.29, 1.82) is 0 Å². The van der Waals surface area contributed by atoms with Gasteiger partial charge >= 0.3 is 0 Å². The van der Waals surface area contributed by atoms with Crippen LogP contribution in [0.3, 0.4) is 0 Å². The van der Waals surface area contributed by atoms with E-state index in [9.17, 15) is 0 Å². The second-order valence-electron chi connectivity index (χ2n) is 7.32. The van der Waals surface area contributed by atoms with E-state index in [0.717, 1.165) is 18.2 Å². The van der Waals surface area contributed by atoms with Gasteiger partial charge in [0, 0.05) is 5.92 Å². The predicted octanol–water partition coefficient (Wildman–Crippen LogP) is 4.62. The summed E-state index contributed by atoms with van der Waals surface area (Å²) in [6, 6.07) is 6.70. The largest absolute Gasteiger partial charge is 0.494 e. The van der Waals surface area contributed by atoms with Gasteiger partial charge in [-0.15, -0.1) is 0 Å². The van der Waals surface area contributed by atoms with Gasteiger partial charge in [0.1, 0.15) is 5.75 Å². The molecule has 1 aromatic rings. The maximum absolute atomic E-state index is 6.15. The van der Waals surface area contributed by atoms with E-state index in [-0.39, 0.29) is 5.41 Å². The van der Waals surface area contributed by atoms with Crippen molar-refractivity contribution in [3.8, 4) is 5.75 Å². The number of ether oxygens (including phenoxy) is 1. The maximum atomic E-state index is 6.15. The Morgan fingerprint density at radius 1 is 1.24 bits per heavy atom. The topological polar surface area (TPSA) is 35.2 Å². The molecule has 1 aliphatic carbocycles. The Bertz CT molecular complexity index is 455. The Kier molecular flexibility index (Phi) is 5.32. The van der Waals surface area contributed by atoms with Crippen LogP contribution in [0.1, 0.15) is 70.4 Å². The SMILES string of the molecule is CCOc1ccc(C(C)(C)C)cc1C(CN)C1CCCC1. The van der Waals surface area contributed by atoms with Crippen LogP contribution in [0, 0.1) is 5.92 Å². The average molecular weight is 289 g/mol. The number of hydrogen-bond donors (Lipinski definition) is 1. The first-order chi connectivity index (χ1) is 9.97. The van der Waals surface area contributed by atoms with Crippen LogP contribution in [0.4, 0.5) is 0 Å². The number of nitrogens with two attached hydrogens (primary N) is 1. The summed E-state index contributed by atoms with van der Waals surface area (Å²) in [6.45, 7) is 10.3. The molecule has 2 rings (SSSR count). The lowest BCUT2D eigenvalue weighted by atomic mass is 9.80. The molecule has 0 aromatic heterocycles. The molecule has 2 nitrogen and oxygen atoms in total. The molecule has 0 aliphatic heterocycles. The minimum atomic E-state index is 0.161. The van der Waals surface area contributed by atoms with Crippen molar-refractivity contribution < 1.29 is 4.74 Å². The van der Waals surface area contributed by atoms with Crippen LogP contribution in [0.2, 0.25) is 0 Å². The van der Waals surface area contributed by atoms with Crippen molar-refractivity contribution >= 4 is 0 Å². The zero-order chi connectivity index (χ0) is 15.5. The second kappa shape index (κ2) is 6.83. The molecule has 1 atom stereocenters. The summed E-state index contributed by atoms with van der Waals surface area (Å²) in [7, 11) is 0. The fourth-order valence-electron chi connectivity index (χ4n) is 3.52. The summed E-state index contributed by atoms with van der Waals surface area (Å²) in [5.41, 5.74) is 9.02. The van der Waals surface area contributed by atoms with E-state index in [1.165, 1.54) is 36.8 Å². The van der Waals surface area contributed by atoms with E-state index < -0.39 is 0 Å². The van der Waals surface area contributed by atoms with Crippen molar-refractivity contribution in [2.75, 3.05) is 13.2 Å². The number of rotatable bonds is 5. The van der Waals surface area contributed by atoms with Crippen molar-refractivity contribution in [2.24, 2.45) is 11.7 Å². The molecule has 1 aromatic carbocycles. The van der Waals surface area contributed by atoms with Gasteiger partial charge in [0.15, 0.2) is 0 Å². The van der Waals surface area contributed by atoms with Crippen LogP contribution in [0.25, 0.3) is 0 Å². The molecule has 0 bridgehead atoms. The first-order valence-electron chi connectivity index (χ1n) is 8.44. The Morgan fingerprint density at radius 2 is 1.90 bits per heavy atom. The quantitative estimate of drug-likeness (QED) is 0.858. The monoisotopic (exact) mass is 289 g/mol. The Labute approximate surface area is 130 Å². The molecule has 118 valence electrons. The van der Waals surface area contributed by atoms with Crippen molar-refractivity contribution in [2.45, 2.75) is 64.7 Å². The smallest absolute Gasteiger partial charge is 0.122 e. The Balaban J connectivity index is 2.40. The van der Waals surface area contributed by atoms with Crippen LogP contribution in [0.15, 0.2) is 18.2 Å². The lowest BCUT2D eigenvalue weighted by Gasteiger charge is -2.27. The molecule has 1 fully saturated rings. The molecule has 21 heavy (non-hydrogen) atoms. The minimum absolute atomic E-state index is 0.161. The normalized spacial score (nSPS) is 18.0. The molecule has 0 radical (unpaired) electrons. The van der Waals surface area contributed by atoms with Crippen LogP contribution in [-0.2, 0) is 5.41 Å². The van der Waals surface area contributed by atoms with Gasteiger partial charge in [0.25, 0.3) is 0 Å². The van der Waals surface area contributed by atoms with Gasteiger partial charge in [-0.2, -0.15) is 0 Å². The van der Waals surface area contributed by atoms with Gasteiger partial charge in [-0.05, 0) is 54.8 Å². The van der Waals surface area contributed by atoms with Gasteiger partial charge in [-0.3, -0.25) is 0 Å². The highest BCUT2D eigenvalue weighted by atomic mass is 16.5. The summed E-state index contributed by atoms with van der Waals surface area (Å²) in [5, 5.41) is 0. The van der Waals surface area contributed by atoms with E-state index in [2.05, 4.69) is 45.9 Å². The zero-order valence-electron chi connectivity index (χ0n) is 14.1. The van der Waals surface area contributed by atoms with Crippen LogP contribution in [-0.4, -0.2) is 13.2 Å². The van der Waals surface area contributed by atoms with E-state index in [1.54, 1.807) is 0 Å². The maximum Gasteiger partial charge on any atom is 0.122 e. The van der Waals surface area contributed by atoms with Crippen molar-refractivity contribution in [3.05, 3.63) is 29.3 Å². The lowest BCUT2D eigenvalue weighted by molar-refractivity contribution is 0.326. The fraction of sp³-hybridized carbons (Fsp3) is 0.684. The molecule has 0 spiro atoms. The standard InChI is InChI=1S/C19H31NO/c1-5-21-18-11-10-15(19(2,3)4)12-16(18)17(13-20)14-8-6-7-9-14/h10-12,14,17H,5-9,13,20H2,1-4H3. The highest BCUT2D eigenvalue weighted by Gasteiger charge is 2.28. The molecular weight excluding hydrogens is 258 g/mol. The average Bonchev–Trinajstić information content (AvgIpc) is 2.94. The molecule has 0 amide bonds. The minimum Gasteiger partial charge on any atom is -0.494 e. The molecule has 2 N–H and O–H groups in total. The molecule has 0 heterocycles. The van der Waals surface area contributed by atoms with Crippen LogP contribution in [0.5, 0.6) is 5.75 Å². The Hall–Kier alpha value is -1.02. The third-order valence-corrected chi connectivity index (χ3v) is 4.80. The first kappa shape index (κ1) is 16.4. The van der Waals surface area contributed by atoms with Crippen molar-refractivity contribution in [1.82, 2.24) is 0 Å². The molecule has 0 saturated heterocycles. The summed E-state index contributed by atoms with van der Waals surface area (Å²) in [5.74, 6) is 2.20. The van der Waals surface area contributed by atoms with Crippen molar-refractivity contribution in [3.63, 3.8) is 0 Å². The Morgan fingerprint density at radius 3 is 2.43 bits per heavy atom. The van der Waals surface area contributed by atoms with Crippen LogP contribution < -0.4 is 10.5 Å². The van der Waals surface area contributed by atoms with E-state index in [4.69, 9.17) is 10.5 Å². The predicted molar refractivity (Wildman–Crippen MR) is 90.1 cm³/mol. The van der Waals surface area contributed by atoms with Crippen LogP contribution >= 0.6 is 0 Å². The van der Waals surface area contributed by atoms with E-state index in [1.807, 2.05) is 0 Å². The summed E-state index contributed by atoms with van der Waals surface area (Å²) in [6.07, 6.45) is 5.33. The third-order valence-electron chi connectivity index (χ3n) is 4.80. The summed E-state index contributed by atoms with van der Waals surface area (Å²) in [4.78, 5) is 0. The van der Waals surface area contributed by atoms with E-state index in [0.29, 0.717) is 12.5 Å².